The van der Waals surface area contributed by atoms with E-state index in [1.807, 2.05) is 28.3 Å². The van der Waals surface area contributed by atoms with Crippen LogP contribution in [0.1, 0.15) is 23.6 Å². The van der Waals surface area contributed by atoms with Crippen molar-refractivity contribution in [2.45, 2.75) is 39.8 Å². The highest BCUT2D eigenvalue weighted by Gasteiger charge is 2.07. The van der Waals surface area contributed by atoms with Crippen molar-refractivity contribution < 1.29 is 0 Å². The standard InChI is InChI=1S/C16H25N5S/c1-4-17-16(18-9-11-21-10-5-8-19-21)20-13(2)12-15-7-6-14(3)22-15/h5-8,10,13H,4,9,11-12H2,1-3H3,(H2,17,18,20). The number of aromatic nitrogens is 2. The first kappa shape index (κ1) is 16.5. The smallest absolute Gasteiger partial charge is 0.191 e. The van der Waals surface area contributed by atoms with E-state index in [-0.39, 0.29) is 0 Å². The molecule has 2 N–H and O–H groups in total. The maximum atomic E-state index is 4.61. The molecule has 2 aromatic rings. The van der Waals surface area contributed by atoms with Crippen LogP contribution in [0, 0.1) is 6.92 Å². The molecule has 1 atom stereocenters. The molecule has 0 spiro atoms. The van der Waals surface area contributed by atoms with Crippen LogP contribution < -0.4 is 10.6 Å². The summed E-state index contributed by atoms with van der Waals surface area (Å²) in [5, 5.41) is 11.0. The first-order chi connectivity index (χ1) is 10.7. The third-order valence-corrected chi connectivity index (χ3v) is 4.21. The van der Waals surface area contributed by atoms with Crippen molar-refractivity contribution in [2.75, 3.05) is 13.1 Å². The van der Waals surface area contributed by atoms with Crippen molar-refractivity contribution in [3.8, 4) is 0 Å². The van der Waals surface area contributed by atoms with Gasteiger partial charge in [0.25, 0.3) is 0 Å². The van der Waals surface area contributed by atoms with E-state index in [0.29, 0.717) is 12.6 Å². The van der Waals surface area contributed by atoms with Gasteiger partial charge in [-0.2, -0.15) is 5.10 Å². The second-order valence-corrected chi connectivity index (χ2v) is 6.66. The Hall–Kier alpha value is -1.82. The zero-order valence-corrected chi connectivity index (χ0v) is 14.4. The lowest BCUT2D eigenvalue weighted by atomic mass is 10.2. The van der Waals surface area contributed by atoms with Crippen LogP contribution in [0.15, 0.2) is 35.6 Å². The molecular formula is C16H25N5S. The lowest BCUT2D eigenvalue weighted by molar-refractivity contribution is 0.612. The normalized spacial score (nSPS) is 13.1. The Bertz CT molecular complexity index is 573. The molecule has 1 unspecified atom stereocenters. The third-order valence-electron chi connectivity index (χ3n) is 3.19. The Labute approximate surface area is 136 Å². The molecule has 0 fully saturated rings. The lowest BCUT2D eigenvalue weighted by Gasteiger charge is -2.17. The molecule has 0 saturated heterocycles. The summed E-state index contributed by atoms with van der Waals surface area (Å²) < 4.78 is 1.89. The van der Waals surface area contributed by atoms with Crippen molar-refractivity contribution in [1.82, 2.24) is 20.4 Å². The Morgan fingerprint density at radius 1 is 1.45 bits per heavy atom. The van der Waals surface area contributed by atoms with Crippen LogP contribution in [-0.2, 0) is 13.0 Å². The van der Waals surface area contributed by atoms with Gasteiger partial charge < -0.3 is 10.6 Å². The molecule has 0 amide bonds. The minimum absolute atomic E-state index is 0.348. The molecule has 2 aromatic heterocycles. The highest BCUT2D eigenvalue weighted by Crippen LogP contribution is 2.16. The number of nitrogens with one attached hydrogen (secondary N) is 2. The summed E-state index contributed by atoms with van der Waals surface area (Å²) in [6, 6.07) is 6.66. The zero-order valence-electron chi connectivity index (χ0n) is 13.5. The zero-order chi connectivity index (χ0) is 15.8. The molecule has 5 nitrogen and oxygen atoms in total. The highest BCUT2D eigenvalue weighted by atomic mass is 32.1. The molecule has 2 heterocycles. The van der Waals surface area contributed by atoms with Gasteiger partial charge in [0.15, 0.2) is 5.96 Å². The molecule has 0 aromatic carbocycles. The number of nitrogens with zero attached hydrogens (tertiary/aromatic N) is 3. The predicted molar refractivity (Wildman–Crippen MR) is 93.6 cm³/mol. The molecule has 0 aliphatic carbocycles. The first-order valence-electron chi connectivity index (χ1n) is 7.75. The van der Waals surface area contributed by atoms with Gasteiger partial charge in [-0.15, -0.1) is 11.3 Å². The minimum Gasteiger partial charge on any atom is -0.357 e. The van der Waals surface area contributed by atoms with Gasteiger partial charge in [0.1, 0.15) is 0 Å². The number of guanidine groups is 1. The molecule has 0 saturated carbocycles. The second-order valence-electron chi connectivity index (χ2n) is 5.29. The van der Waals surface area contributed by atoms with Gasteiger partial charge in [0.2, 0.25) is 0 Å². The van der Waals surface area contributed by atoms with Gasteiger partial charge in [-0.05, 0) is 39.0 Å². The predicted octanol–water partition coefficient (Wildman–Crippen LogP) is 2.44. The number of hydrogen-bond acceptors (Lipinski definition) is 3. The lowest BCUT2D eigenvalue weighted by Crippen LogP contribution is -2.43. The summed E-state index contributed by atoms with van der Waals surface area (Å²) in [5.74, 6) is 0.871. The summed E-state index contributed by atoms with van der Waals surface area (Å²) in [5.41, 5.74) is 0. The number of rotatable bonds is 7. The molecule has 0 radical (unpaired) electrons. The van der Waals surface area contributed by atoms with E-state index >= 15 is 0 Å². The molecule has 0 aliphatic rings. The maximum Gasteiger partial charge on any atom is 0.191 e. The van der Waals surface area contributed by atoms with E-state index in [9.17, 15) is 0 Å². The molecule has 0 aliphatic heterocycles. The number of hydrogen-bond donors (Lipinski definition) is 2. The summed E-state index contributed by atoms with van der Waals surface area (Å²) in [6.07, 6.45) is 4.76. The van der Waals surface area contributed by atoms with E-state index in [2.05, 4.69) is 53.6 Å². The van der Waals surface area contributed by atoms with Crippen molar-refractivity contribution in [1.29, 1.82) is 0 Å². The quantitative estimate of drug-likeness (QED) is 0.609. The Balaban J connectivity index is 1.83. The van der Waals surface area contributed by atoms with Crippen molar-refractivity contribution in [3.63, 3.8) is 0 Å². The summed E-state index contributed by atoms with van der Waals surface area (Å²) >= 11 is 1.86. The highest BCUT2D eigenvalue weighted by molar-refractivity contribution is 7.11. The van der Waals surface area contributed by atoms with E-state index in [4.69, 9.17) is 0 Å². The number of aryl methyl sites for hydroxylation is 1. The van der Waals surface area contributed by atoms with Crippen LogP contribution in [0.25, 0.3) is 0 Å². The molecule has 22 heavy (non-hydrogen) atoms. The third kappa shape index (κ3) is 5.52. The van der Waals surface area contributed by atoms with Crippen molar-refractivity contribution in [2.24, 2.45) is 4.99 Å². The fourth-order valence-corrected chi connectivity index (χ4v) is 3.22. The monoisotopic (exact) mass is 319 g/mol. The fraction of sp³-hybridized carbons (Fsp3) is 0.500. The molecular weight excluding hydrogens is 294 g/mol. The summed E-state index contributed by atoms with van der Waals surface area (Å²) in [7, 11) is 0. The van der Waals surface area contributed by atoms with Crippen LogP contribution >= 0.6 is 11.3 Å². The van der Waals surface area contributed by atoms with Crippen LogP contribution in [0.4, 0.5) is 0 Å². The molecule has 6 heteroatoms. The van der Waals surface area contributed by atoms with E-state index in [0.717, 1.165) is 25.5 Å². The SMILES string of the molecule is CCNC(=NCCn1cccn1)NC(C)Cc1ccc(C)s1. The maximum absolute atomic E-state index is 4.61. The van der Waals surface area contributed by atoms with Gasteiger partial charge >= 0.3 is 0 Å². The average Bonchev–Trinajstić information content (AvgIpc) is 3.11. The average molecular weight is 319 g/mol. The molecule has 120 valence electrons. The van der Waals surface area contributed by atoms with Crippen molar-refractivity contribution in [3.05, 3.63) is 40.3 Å². The van der Waals surface area contributed by atoms with Gasteiger partial charge in [0, 0.05) is 41.2 Å². The van der Waals surface area contributed by atoms with Crippen LogP contribution in [0.2, 0.25) is 0 Å². The topological polar surface area (TPSA) is 54.2 Å². The van der Waals surface area contributed by atoms with Gasteiger partial charge in [-0.25, -0.2) is 0 Å². The van der Waals surface area contributed by atoms with Gasteiger partial charge in [-0.3, -0.25) is 9.67 Å². The Kier molecular flexibility index (Phi) is 6.45. The van der Waals surface area contributed by atoms with E-state index in [1.165, 1.54) is 9.75 Å². The fourth-order valence-electron chi connectivity index (χ4n) is 2.20. The Morgan fingerprint density at radius 3 is 2.95 bits per heavy atom. The summed E-state index contributed by atoms with van der Waals surface area (Å²) in [6.45, 7) is 8.78. The summed E-state index contributed by atoms with van der Waals surface area (Å²) in [4.78, 5) is 7.38. The van der Waals surface area contributed by atoms with E-state index in [1.54, 1.807) is 6.20 Å². The number of thiophene rings is 1. The number of aliphatic imine (C=N–C) groups is 1. The van der Waals surface area contributed by atoms with Gasteiger partial charge in [-0.1, -0.05) is 0 Å². The van der Waals surface area contributed by atoms with E-state index < -0.39 is 0 Å². The van der Waals surface area contributed by atoms with Crippen LogP contribution in [0.3, 0.4) is 0 Å². The van der Waals surface area contributed by atoms with Crippen LogP contribution in [0.5, 0.6) is 0 Å². The first-order valence-corrected chi connectivity index (χ1v) is 8.56. The Morgan fingerprint density at radius 2 is 2.32 bits per heavy atom. The van der Waals surface area contributed by atoms with Gasteiger partial charge in [0.05, 0.1) is 13.1 Å². The van der Waals surface area contributed by atoms with Crippen molar-refractivity contribution >= 4 is 17.3 Å². The largest absolute Gasteiger partial charge is 0.357 e. The van der Waals surface area contributed by atoms with Crippen LogP contribution in [-0.4, -0.2) is 34.9 Å². The minimum atomic E-state index is 0.348. The molecule has 2 rings (SSSR count). The second kappa shape index (κ2) is 8.58. The molecule has 0 bridgehead atoms.